The van der Waals surface area contributed by atoms with Crippen LogP contribution in [-0.2, 0) is 0 Å². The number of likely N-dealkylation sites (tertiary alicyclic amines) is 1. The Kier molecular flexibility index (Phi) is 14.6. The van der Waals surface area contributed by atoms with Crippen molar-refractivity contribution >= 4 is 24.2 Å². The molecular weight excluding hydrogens is 400 g/mol. The first kappa shape index (κ1) is 26.1. The second kappa shape index (κ2) is 17.4. The van der Waals surface area contributed by atoms with Crippen LogP contribution >= 0.6 is 12.6 Å². The Morgan fingerprint density at radius 2 is 1.16 bits per heavy atom. The summed E-state index contributed by atoms with van der Waals surface area (Å²) in [6.45, 7) is 2.85. The number of carbonyl (C=O) groups is 1. The molecule has 0 radical (unpaired) electrons. The van der Waals surface area contributed by atoms with Crippen LogP contribution in [0.1, 0.15) is 113 Å². The molecule has 1 aromatic rings. The highest BCUT2D eigenvalue weighted by molar-refractivity contribution is 7.80. The number of benzene rings is 1. The smallest absolute Gasteiger partial charge is 0.253 e. The fraction of sp³-hybridized carbons (Fsp3) is 0.741. The molecule has 0 aliphatic carbocycles. The summed E-state index contributed by atoms with van der Waals surface area (Å²) in [4.78, 5) is 14.3. The van der Waals surface area contributed by atoms with Gasteiger partial charge in [0.15, 0.2) is 0 Å². The highest BCUT2D eigenvalue weighted by Gasteiger charge is 2.18. The van der Waals surface area contributed by atoms with Crippen LogP contribution < -0.4 is 5.32 Å². The molecule has 1 aromatic carbocycles. The fourth-order valence-electron chi connectivity index (χ4n) is 4.42. The first-order valence-corrected chi connectivity index (χ1v) is 13.7. The van der Waals surface area contributed by atoms with Gasteiger partial charge in [-0.3, -0.25) is 4.79 Å². The number of hydrogen-bond acceptors (Lipinski definition) is 3. The Hall–Kier alpha value is -1.16. The third-order valence-corrected chi connectivity index (χ3v) is 6.76. The normalized spacial score (nSPS) is 13.6. The first-order chi connectivity index (χ1) is 15.3. The molecule has 0 unspecified atom stereocenters. The van der Waals surface area contributed by atoms with Crippen molar-refractivity contribution in [1.82, 2.24) is 4.90 Å². The Labute approximate surface area is 197 Å². The quantitative estimate of drug-likeness (QED) is 0.179. The molecule has 1 saturated heterocycles. The van der Waals surface area contributed by atoms with E-state index >= 15 is 0 Å². The lowest BCUT2D eigenvalue weighted by atomic mass is 10.0. The monoisotopic (exact) mass is 446 g/mol. The van der Waals surface area contributed by atoms with Gasteiger partial charge in [-0.05, 0) is 55.7 Å². The number of carbonyl (C=O) groups excluding carboxylic acids is 1. The molecule has 1 amide bonds. The molecule has 1 heterocycles. The third kappa shape index (κ3) is 11.9. The number of rotatable bonds is 18. The predicted molar refractivity (Wildman–Crippen MR) is 139 cm³/mol. The van der Waals surface area contributed by atoms with Crippen molar-refractivity contribution in [3.63, 3.8) is 0 Å². The van der Waals surface area contributed by atoms with Gasteiger partial charge in [-0.25, -0.2) is 0 Å². The van der Waals surface area contributed by atoms with Crippen molar-refractivity contribution in [2.75, 3.05) is 30.7 Å². The van der Waals surface area contributed by atoms with Gasteiger partial charge in [0.1, 0.15) is 0 Å². The number of hydrogen-bond donors (Lipinski definition) is 2. The lowest BCUT2D eigenvalue weighted by Crippen LogP contribution is -2.27. The van der Waals surface area contributed by atoms with E-state index in [1.165, 1.54) is 89.9 Å². The SMILES string of the molecule is O=C(c1ccc(NCCCCCCCCCCCCCCCCS)cc1)N1CCCC1. The summed E-state index contributed by atoms with van der Waals surface area (Å²) in [7, 11) is 0. The molecule has 31 heavy (non-hydrogen) atoms. The van der Waals surface area contributed by atoms with E-state index in [9.17, 15) is 4.79 Å². The maximum absolute atomic E-state index is 12.4. The van der Waals surface area contributed by atoms with Crippen molar-refractivity contribution in [2.24, 2.45) is 0 Å². The van der Waals surface area contributed by atoms with E-state index < -0.39 is 0 Å². The molecule has 2 rings (SSSR count). The van der Waals surface area contributed by atoms with Gasteiger partial charge in [0.2, 0.25) is 0 Å². The zero-order valence-corrected chi connectivity index (χ0v) is 20.6. The zero-order valence-electron chi connectivity index (χ0n) is 19.8. The largest absolute Gasteiger partial charge is 0.385 e. The van der Waals surface area contributed by atoms with Crippen LogP contribution in [0.3, 0.4) is 0 Å². The minimum atomic E-state index is 0.184. The number of unbranched alkanes of at least 4 members (excludes halogenated alkanes) is 13. The molecule has 0 bridgehead atoms. The summed E-state index contributed by atoms with van der Waals surface area (Å²) in [5.74, 6) is 1.23. The van der Waals surface area contributed by atoms with Gasteiger partial charge >= 0.3 is 0 Å². The second-order valence-corrected chi connectivity index (χ2v) is 9.62. The molecular formula is C27H46N2OS. The lowest BCUT2D eigenvalue weighted by Gasteiger charge is -2.15. The summed E-state index contributed by atoms with van der Waals surface area (Å²) in [5, 5.41) is 3.50. The summed E-state index contributed by atoms with van der Waals surface area (Å²) < 4.78 is 0. The van der Waals surface area contributed by atoms with Gasteiger partial charge in [0, 0.05) is 30.9 Å². The van der Waals surface area contributed by atoms with E-state index in [2.05, 4.69) is 17.9 Å². The fourth-order valence-corrected chi connectivity index (χ4v) is 4.65. The molecule has 0 spiro atoms. The highest BCUT2D eigenvalue weighted by Crippen LogP contribution is 2.16. The molecule has 1 aliphatic heterocycles. The van der Waals surface area contributed by atoms with Gasteiger partial charge < -0.3 is 10.2 Å². The Bertz CT molecular complexity index is 569. The maximum atomic E-state index is 12.4. The van der Waals surface area contributed by atoms with Gasteiger partial charge in [0.25, 0.3) is 5.91 Å². The maximum Gasteiger partial charge on any atom is 0.253 e. The van der Waals surface area contributed by atoms with Gasteiger partial charge in [-0.15, -0.1) is 0 Å². The number of thiol groups is 1. The van der Waals surface area contributed by atoms with Gasteiger partial charge in [-0.1, -0.05) is 77.0 Å². The van der Waals surface area contributed by atoms with Crippen molar-refractivity contribution in [3.8, 4) is 0 Å². The lowest BCUT2D eigenvalue weighted by molar-refractivity contribution is 0.0793. The van der Waals surface area contributed by atoms with Crippen LogP contribution in [0.15, 0.2) is 24.3 Å². The van der Waals surface area contributed by atoms with E-state index in [1.54, 1.807) is 0 Å². The molecule has 3 nitrogen and oxygen atoms in total. The van der Waals surface area contributed by atoms with E-state index in [4.69, 9.17) is 0 Å². The zero-order chi connectivity index (χ0) is 22.0. The highest BCUT2D eigenvalue weighted by atomic mass is 32.1. The van der Waals surface area contributed by atoms with E-state index in [-0.39, 0.29) is 5.91 Å². The Morgan fingerprint density at radius 3 is 1.65 bits per heavy atom. The van der Waals surface area contributed by atoms with Crippen molar-refractivity contribution in [1.29, 1.82) is 0 Å². The van der Waals surface area contributed by atoms with Crippen LogP contribution in [0.25, 0.3) is 0 Å². The van der Waals surface area contributed by atoms with Crippen molar-refractivity contribution in [2.45, 2.75) is 103 Å². The summed E-state index contributed by atoms with van der Waals surface area (Å²) in [6, 6.07) is 8.02. The van der Waals surface area contributed by atoms with Crippen molar-refractivity contribution in [3.05, 3.63) is 29.8 Å². The summed E-state index contributed by atoms with van der Waals surface area (Å²) in [6.07, 6.45) is 21.6. The number of anilines is 1. The molecule has 1 aliphatic rings. The Balaban J connectivity index is 1.37. The molecule has 4 heteroatoms. The molecule has 1 fully saturated rings. The topological polar surface area (TPSA) is 32.3 Å². The average molecular weight is 447 g/mol. The molecule has 176 valence electrons. The second-order valence-electron chi connectivity index (χ2n) is 9.18. The third-order valence-electron chi connectivity index (χ3n) is 6.44. The molecule has 1 N–H and O–H groups in total. The summed E-state index contributed by atoms with van der Waals surface area (Å²) >= 11 is 4.27. The number of amides is 1. The van der Waals surface area contributed by atoms with Crippen LogP contribution in [0, 0.1) is 0 Å². The molecule has 0 aromatic heterocycles. The standard InChI is InChI=1S/C27H46N2OS/c30-27(29-22-14-15-23-29)25-17-19-26(20-18-25)28-21-13-11-9-7-5-3-1-2-4-6-8-10-12-16-24-31/h17-20,28,31H,1-16,21-24H2. The van der Waals surface area contributed by atoms with Gasteiger partial charge in [0.05, 0.1) is 0 Å². The minimum absolute atomic E-state index is 0.184. The molecule has 0 saturated carbocycles. The minimum Gasteiger partial charge on any atom is -0.385 e. The van der Waals surface area contributed by atoms with Crippen LogP contribution in [-0.4, -0.2) is 36.2 Å². The number of nitrogens with one attached hydrogen (secondary N) is 1. The first-order valence-electron chi connectivity index (χ1n) is 13.1. The van der Waals surface area contributed by atoms with Crippen molar-refractivity contribution < 1.29 is 4.79 Å². The predicted octanol–water partition coefficient (Wildman–Crippen LogP) is 7.73. The van der Waals surface area contributed by atoms with E-state index in [0.717, 1.165) is 49.5 Å². The molecule has 0 atom stereocenters. The van der Waals surface area contributed by atoms with Crippen LogP contribution in [0.5, 0.6) is 0 Å². The van der Waals surface area contributed by atoms with Crippen LogP contribution in [0.4, 0.5) is 5.69 Å². The van der Waals surface area contributed by atoms with Crippen LogP contribution in [0.2, 0.25) is 0 Å². The van der Waals surface area contributed by atoms with E-state index in [1.807, 2.05) is 29.2 Å². The summed E-state index contributed by atoms with van der Waals surface area (Å²) in [5.41, 5.74) is 1.94. The Morgan fingerprint density at radius 1 is 0.710 bits per heavy atom. The van der Waals surface area contributed by atoms with Gasteiger partial charge in [-0.2, -0.15) is 12.6 Å². The number of nitrogens with zero attached hydrogens (tertiary/aromatic N) is 1. The average Bonchev–Trinajstić information content (AvgIpc) is 3.34. The van der Waals surface area contributed by atoms with E-state index in [0.29, 0.717) is 0 Å².